The van der Waals surface area contributed by atoms with E-state index in [2.05, 4.69) is 11.2 Å². The highest BCUT2D eigenvalue weighted by molar-refractivity contribution is 5.83. The van der Waals surface area contributed by atoms with Crippen molar-refractivity contribution in [2.75, 3.05) is 6.54 Å². The summed E-state index contributed by atoms with van der Waals surface area (Å²) in [5.41, 5.74) is 1.94. The van der Waals surface area contributed by atoms with Gasteiger partial charge >= 0.3 is 12.0 Å². The molecule has 1 atom stereocenters. The van der Waals surface area contributed by atoms with Crippen LogP contribution in [-0.4, -0.2) is 34.6 Å². The molecule has 98 valence electrons. The minimum Gasteiger partial charge on any atom is -0.480 e. The van der Waals surface area contributed by atoms with Crippen molar-refractivity contribution >= 4 is 12.0 Å². The number of nitrogens with one attached hydrogen (secondary N) is 1. The Labute approximate surface area is 111 Å². The number of carbonyl (C=O) groups is 2. The smallest absolute Gasteiger partial charge is 0.326 e. The monoisotopic (exact) mass is 258 g/mol. The molecule has 1 aliphatic rings. The highest BCUT2D eigenvalue weighted by Gasteiger charge is 2.34. The number of rotatable bonds is 2. The minimum absolute atomic E-state index is 0.0866. The molecule has 0 bridgehead atoms. The Balaban J connectivity index is 2.24. The van der Waals surface area contributed by atoms with Gasteiger partial charge in [0.25, 0.3) is 0 Å². The molecule has 0 fully saturated rings. The Morgan fingerprint density at radius 3 is 2.74 bits per heavy atom. The summed E-state index contributed by atoms with van der Waals surface area (Å²) < 4.78 is 0. The van der Waals surface area contributed by atoms with E-state index >= 15 is 0 Å². The molecule has 0 spiro atoms. The van der Waals surface area contributed by atoms with Crippen molar-refractivity contribution in [3.8, 4) is 12.3 Å². The Bertz CT molecular complexity index is 548. The standard InChI is InChI=1S/C14H14N2O3/c1-2-7-15-14(19)16-9-11-6-4-3-5-10(11)8-12(16)13(17)18/h1,3-6,12H,7-9H2,(H,15,19)(H,17,18)/t12-/m0/s1. The van der Waals surface area contributed by atoms with E-state index in [1.807, 2.05) is 24.3 Å². The van der Waals surface area contributed by atoms with Gasteiger partial charge in [-0.25, -0.2) is 9.59 Å². The summed E-state index contributed by atoms with van der Waals surface area (Å²) in [5.74, 6) is 1.29. The maximum atomic E-state index is 11.9. The predicted molar refractivity (Wildman–Crippen MR) is 69.3 cm³/mol. The van der Waals surface area contributed by atoms with E-state index in [1.54, 1.807) is 0 Å². The van der Waals surface area contributed by atoms with Crippen molar-refractivity contribution in [1.29, 1.82) is 0 Å². The lowest BCUT2D eigenvalue weighted by Crippen LogP contribution is -2.52. The van der Waals surface area contributed by atoms with Gasteiger partial charge in [0.2, 0.25) is 0 Å². The first kappa shape index (κ1) is 13.0. The first-order valence-corrected chi connectivity index (χ1v) is 5.91. The summed E-state index contributed by atoms with van der Waals surface area (Å²) in [4.78, 5) is 24.5. The van der Waals surface area contributed by atoms with Gasteiger partial charge in [-0.15, -0.1) is 6.42 Å². The first-order valence-electron chi connectivity index (χ1n) is 5.91. The Morgan fingerprint density at radius 2 is 2.11 bits per heavy atom. The molecule has 5 nitrogen and oxygen atoms in total. The van der Waals surface area contributed by atoms with Crippen LogP contribution >= 0.6 is 0 Å². The summed E-state index contributed by atoms with van der Waals surface area (Å²) in [6.45, 7) is 0.368. The zero-order valence-electron chi connectivity index (χ0n) is 10.3. The lowest BCUT2D eigenvalue weighted by atomic mass is 9.94. The Kier molecular flexibility index (Phi) is 3.71. The van der Waals surface area contributed by atoms with E-state index in [9.17, 15) is 14.7 Å². The molecule has 1 aliphatic heterocycles. The van der Waals surface area contributed by atoms with E-state index in [1.165, 1.54) is 4.90 Å². The molecule has 5 heteroatoms. The van der Waals surface area contributed by atoms with Crippen molar-refractivity contribution in [2.45, 2.75) is 19.0 Å². The fourth-order valence-electron chi connectivity index (χ4n) is 2.19. The number of carboxylic acids is 1. The van der Waals surface area contributed by atoms with Crippen LogP contribution in [0.15, 0.2) is 24.3 Å². The number of amides is 2. The van der Waals surface area contributed by atoms with E-state index in [0.717, 1.165) is 11.1 Å². The van der Waals surface area contributed by atoms with E-state index < -0.39 is 18.0 Å². The molecule has 19 heavy (non-hydrogen) atoms. The average Bonchev–Trinajstić information content (AvgIpc) is 2.43. The molecular formula is C14H14N2O3. The summed E-state index contributed by atoms with van der Waals surface area (Å²) in [7, 11) is 0. The maximum Gasteiger partial charge on any atom is 0.326 e. The molecule has 0 radical (unpaired) electrons. The summed E-state index contributed by atoms with van der Waals surface area (Å²) >= 11 is 0. The van der Waals surface area contributed by atoms with Crippen LogP contribution in [0.1, 0.15) is 11.1 Å². The van der Waals surface area contributed by atoms with Crippen LogP contribution in [-0.2, 0) is 17.8 Å². The predicted octanol–water partition coefficient (Wildman–Crippen LogP) is 0.841. The topological polar surface area (TPSA) is 69.6 Å². The first-order chi connectivity index (χ1) is 9.13. The highest BCUT2D eigenvalue weighted by Crippen LogP contribution is 2.23. The zero-order chi connectivity index (χ0) is 13.8. The number of hydrogen-bond acceptors (Lipinski definition) is 2. The lowest BCUT2D eigenvalue weighted by molar-refractivity contribution is -0.142. The fourth-order valence-corrected chi connectivity index (χ4v) is 2.19. The van der Waals surface area contributed by atoms with Gasteiger partial charge in [-0.1, -0.05) is 30.2 Å². The second kappa shape index (κ2) is 5.44. The van der Waals surface area contributed by atoms with Gasteiger partial charge in [-0.2, -0.15) is 0 Å². The quantitative estimate of drug-likeness (QED) is 0.772. The number of aliphatic carboxylic acids is 1. The molecule has 2 N–H and O–H groups in total. The van der Waals surface area contributed by atoms with Crippen LogP contribution < -0.4 is 5.32 Å². The highest BCUT2D eigenvalue weighted by atomic mass is 16.4. The normalized spacial score (nSPS) is 17.2. The summed E-state index contributed by atoms with van der Waals surface area (Å²) in [5, 5.41) is 11.8. The van der Waals surface area contributed by atoms with Crippen molar-refractivity contribution in [1.82, 2.24) is 10.2 Å². The van der Waals surface area contributed by atoms with E-state index in [-0.39, 0.29) is 13.1 Å². The number of nitrogens with zero attached hydrogens (tertiary/aromatic N) is 1. The third-order valence-corrected chi connectivity index (χ3v) is 3.14. The van der Waals surface area contributed by atoms with Gasteiger partial charge in [0, 0.05) is 13.0 Å². The molecule has 1 aromatic rings. The SMILES string of the molecule is C#CCNC(=O)N1Cc2ccccc2C[C@H]1C(=O)O. The molecule has 0 aliphatic carbocycles. The molecule has 2 rings (SSSR count). The van der Waals surface area contributed by atoms with Gasteiger partial charge in [-0.3, -0.25) is 0 Å². The molecular weight excluding hydrogens is 244 g/mol. The number of benzene rings is 1. The zero-order valence-corrected chi connectivity index (χ0v) is 10.3. The second-order valence-electron chi connectivity index (χ2n) is 4.32. The minimum atomic E-state index is -1.01. The lowest BCUT2D eigenvalue weighted by Gasteiger charge is -2.34. The largest absolute Gasteiger partial charge is 0.480 e. The van der Waals surface area contributed by atoms with Gasteiger partial charge in [0.05, 0.1) is 6.54 Å². The summed E-state index contributed by atoms with van der Waals surface area (Å²) in [6, 6.07) is 6.23. The van der Waals surface area contributed by atoms with Crippen molar-refractivity contribution in [2.24, 2.45) is 0 Å². The van der Waals surface area contributed by atoms with Crippen molar-refractivity contribution < 1.29 is 14.7 Å². The van der Waals surface area contributed by atoms with Gasteiger partial charge in [0.1, 0.15) is 6.04 Å². The van der Waals surface area contributed by atoms with Crippen LogP contribution in [0.25, 0.3) is 0 Å². The fraction of sp³-hybridized carbons (Fsp3) is 0.286. The number of urea groups is 1. The van der Waals surface area contributed by atoms with Crippen LogP contribution in [0.3, 0.4) is 0 Å². The average molecular weight is 258 g/mol. The van der Waals surface area contributed by atoms with E-state index in [4.69, 9.17) is 6.42 Å². The molecule has 0 saturated heterocycles. The van der Waals surface area contributed by atoms with Crippen LogP contribution in [0, 0.1) is 12.3 Å². The number of fused-ring (bicyclic) bond motifs is 1. The van der Waals surface area contributed by atoms with Crippen molar-refractivity contribution in [3.63, 3.8) is 0 Å². The van der Waals surface area contributed by atoms with Gasteiger partial charge in [0.15, 0.2) is 0 Å². The van der Waals surface area contributed by atoms with Crippen LogP contribution in [0.4, 0.5) is 4.79 Å². The Morgan fingerprint density at radius 1 is 1.42 bits per heavy atom. The molecule has 0 unspecified atom stereocenters. The number of carboxylic acid groups (broad SMARTS) is 1. The molecule has 1 aromatic carbocycles. The molecule has 2 amide bonds. The number of hydrogen-bond donors (Lipinski definition) is 2. The number of terminal acetylenes is 1. The molecule has 0 aromatic heterocycles. The summed E-state index contributed by atoms with van der Waals surface area (Å²) in [6.07, 6.45) is 5.39. The van der Waals surface area contributed by atoms with Crippen molar-refractivity contribution in [3.05, 3.63) is 35.4 Å². The molecule has 0 saturated carbocycles. The van der Waals surface area contributed by atoms with E-state index in [0.29, 0.717) is 6.42 Å². The maximum absolute atomic E-state index is 11.9. The van der Waals surface area contributed by atoms with Crippen LogP contribution in [0.5, 0.6) is 0 Å². The third kappa shape index (κ3) is 2.68. The number of carbonyl (C=O) groups excluding carboxylic acids is 1. The second-order valence-corrected chi connectivity index (χ2v) is 4.32. The molecule has 1 heterocycles. The van der Waals surface area contributed by atoms with Crippen LogP contribution in [0.2, 0.25) is 0 Å². The third-order valence-electron chi connectivity index (χ3n) is 3.14. The van der Waals surface area contributed by atoms with Gasteiger partial charge < -0.3 is 15.3 Å². The Hall–Kier alpha value is -2.48. The van der Waals surface area contributed by atoms with Gasteiger partial charge in [-0.05, 0) is 11.1 Å².